The molecule has 0 fully saturated rings. The number of carbonyl (C=O) groups excluding carboxylic acids is 1. The van der Waals surface area contributed by atoms with Crippen molar-refractivity contribution in [3.8, 4) is 5.69 Å². The molecule has 0 N–H and O–H groups in total. The van der Waals surface area contributed by atoms with E-state index in [9.17, 15) is 9.59 Å². The predicted molar refractivity (Wildman–Crippen MR) is 96.5 cm³/mol. The lowest BCUT2D eigenvalue weighted by atomic mass is 10.3. The van der Waals surface area contributed by atoms with Crippen LogP contribution in [0.15, 0.2) is 39.9 Å². The Balaban J connectivity index is 1.98. The highest BCUT2D eigenvalue weighted by molar-refractivity contribution is 9.10. The summed E-state index contributed by atoms with van der Waals surface area (Å²) in [5.41, 5.74) is 0.861. The predicted octanol–water partition coefficient (Wildman–Crippen LogP) is 1.61. The Morgan fingerprint density at radius 3 is 2.52 bits per heavy atom. The van der Waals surface area contributed by atoms with E-state index in [1.807, 2.05) is 38.1 Å². The van der Waals surface area contributed by atoms with Gasteiger partial charge in [0.15, 0.2) is 11.2 Å². The average Bonchev–Trinajstić information content (AvgIpc) is 3.04. The monoisotopic (exact) mass is 404 g/mol. The number of carbonyl (C=O) groups is 1. The topological polar surface area (TPSA) is 85.9 Å². The molecule has 3 aromatic rings. The van der Waals surface area contributed by atoms with Crippen molar-refractivity contribution in [3.05, 3.63) is 45.4 Å². The summed E-state index contributed by atoms with van der Waals surface area (Å²) in [6.07, 6.45) is 1.37. The van der Waals surface area contributed by atoms with Gasteiger partial charge in [0.1, 0.15) is 12.9 Å². The summed E-state index contributed by atoms with van der Waals surface area (Å²) in [7, 11) is 0. The second-order valence-electron chi connectivity index (χ2n) is 5.39. The first kappa shape index (κ1) is 17.3. The van der Waals surface area contributed by atoms with Gasteiger partial charge in [0, 0.05) is 17.6 Å². The van der Waals surface area contributed by atoms with E-state index in [2.05, 4.69) is 31.2 Å². The van der Waals surface area contributed by atoms with E-state index in [-0.39, 0.29) is 23.5 Å². The summed E-state index contributed by atoms with van der Waals surface area (Å²) in [5, 5.41) is 7.97. The Labute approximate surface area is 152 Å². The summed E-state index contributed by atoms with van der Waals surface area (Å²) in [5.74, 6) is -0.131. The van der Waals surface area contributed by atoms with Gasteiger partial charge in [-0.2, -0.15) is 4.68 Å². The zero-order chi connectivity index (χ0) is 18.0. The molecule has 1 amide bonds. The van der Waals surface area contributed by atoms with Crippen molar-refractivity contribution in [3.63, 3.8) is 0 Å². The van der Waals surface area contributed by atoms with Crippen LogP contribution in [0.1, 0.15) is 13.8 Å². The molecule has 2 aromatic heterocycles. The van der Waals surface area contributed by atoms with Crippen molar-refractivity contribution in [1.29, 1.82) is 0 Å². The molecule has 2 heterocycles. The average molecular weight is 405 g/mol. The van der Waals surface area contributed by atoms with Crippen LogP contribution in [0.25, 0.3) is 16.9 Å². The Hall–Kier alpha value is -2.55. The SMILES string of the molecule is CCN(CC)C(=O)Cn1cnc2c(nnn2-c2ccc(Br)cc2)c1=O. The highest BCUT2D eigenvalue weighted by Crippen LogP contribution is 2.15. The number of hydrogen-bond donors (Lipinski definition) is 0. The van der Waals surface area contributed by atoms with Gasteiger partial charge in [-0.15, -0.1) is 5.10 Å². The van der Waals surface area contributed by atoms with E-state index >= 15 is 0 Å². The largest absolute Gasteiger partial charge is 0.342 e. The zero-order valence-corrected chi connectivity index (χ0v) is 15.5. The number of aromatic nitrogens is 5. The van der Waals surface area contributed by atoms with Crippen LogP contribution in [0.3, 0.4) is 0 Å². The summed E-state index contributed by atoms with van der Waals surface area (Å²) in [4.78, 5) is 30.8. The number of halogens is 1. The van der Waals surface area contributed by atoms with Crippen LogP contribution in [-0.2, 0) is 11.3 Å². The van der Waals surface area contributed by atoms with Crippen LogP contribution in [0.2, 0.25) is 0 Å². The Bertz CT molecular complexity index is 959. The Kier molecular flexibility index (Phi) is 4.93. The van der Waals surface area contributed by atoms with Crippen LogP contribution in [0.5, 0.6) is 0 Å². The minimum atomic E-state index is -0.381. The van der Waals surface area contributed by atoms with Crippen LogP contribution in [0.4, 0.5) is 0 Å². The zero-order valence-electron chi connectivity index (χ0n) is 13.9. The molecule has 1 aromatic carbocycles. The van der Waals surface area contributed by atoms with Crippen molar-refractivity contribution in [2.24, 2.45) is 0 Å². The molecule has 0 aliphatic heterocycles. The molecule has 0 aliphatic rings. The highest BCUT2D eigenvalue weighted by atomic mass is 79.9. The first-order chi connectivity index (χ1) is 12.0. The second kappa shape index (κ2) is 7.14. The molecule has 0 aliphatic carbocycles. The standard InChI is InChI=1S/C16H17BrN6O2/c1-3-21(4-2)13(24)9-22-10-18-15-14(16(22)25)19-20-23(15)12-7-5-11(17)6-8-12/h5-8,10H,3-4,9H2,1-2H3. The normalized spacial score (nSPS) is 11.0. The number of nitrogens with zero attached hydrogens (tertiary/aromatic N) is 6. The summed E-state index contributed by atoms with van der Waals surface area (Å²) in [6.45, 7) is 4.93. The van der Waals surface area contributed by atoms with Gasteiger partial charge >= 0.3 is 0 Å². The summed E-state index contributed by atoms with van der Waals surface area (Å²) < 4.78 is 3.70. The third-order valence-corrected chi connectivity index (χ3v) is 4.45. The molecule has 0 bridgehead atoms. The van der Waals surface area contributed by atoms with Gasteiger partial charge < -0.3 is 4.90 Å². The summed E-state index contributed by atoms with van der Waals surface area (Å²) >= 11 is 3.38. The number of rotatable bonds is 5. The van der Waals surface area contributed by atoms with Crippen molar-refractivity contribution >= 4 is 33.0 Å². The molecular weight excluding hydrogens is 388 g/mol. The second-order valence-corrected chi connectivity index (χ2v) is 6.31. The van der Waals surface area contributed by atoms with E-state index in [0.717, 1.165) is 10.2 Å². The van der Waals surface area contributed by atoms with Gasteiger partial charge in [0.2, 0.25) is 5.91 Å². The molecule has 25 heavy (non-hydrogen) atoms. The van der Waals surface area contributed by atoms with E-state index in [0.29, 0.717) is 18.7 Å². The lowest BCUT2D eigenvalue weighted by Gasteiger charge is -2.18. The van der Waals surface area contributed by atoms with E-state index < -0.39 is 0 Å². The molecule has 0 spiro atoms. The number of likely N-dealkylation sites (N-methyl/N-ethyl adjacent to an activating group) is 1. The maximum absolute atomic E-state index is 12.6. The third-order valence-electron chi connectivity index (χ3n) is 3.92. The number of benzene rings is 1. The fourth-order valence-corrected chi connectivity index (χ4v) is 2.80. The van der Waals surface area contributed by atoms with Crippen LogP contribution in [-0.4, -0.2) is 48.4 Å². The fourth-order valence-electron chi connectivity index (χ4n) is 2.53. The van der Waals surface area contributed by atoms with Gasteiger partial charge in [-0.05, 0) is 38.1 Å². The van der Waals surface area contributed by atoms with Crippen molar-refractivity contribution in [2.75, 3.05) is 13.1 Å². The maximum atomic E-state index is 12.6. The fraction of sp³-hybridized carbons (Fsp3) is 0.312. The molecule has 8 nitrogen and oxygen atoms in total. The molecule has 0 atom stereocenters. The Morgan fingerprint density at radius 1 is 1.20 bits per heavy atom. The smallest absolute Gasteiger partial charge is 0.284 e. The quantitative estimate of drug-likeness (QED) is 0.644. The first-order valence-corrected chi connectivity index (χ1v) is 8.69. The Morgan fingerprint density at radius 2 is 1.88 bits per heavy atom. The highest BCUT2D eigenvalue weighted by Gasteiger charge is 2.16. The molecule has 0 unspecified atom stereocenters. The molecule has 130 valence electrons. The van der Waals surface area contributed by atoms with Crippen molar-refractivity contribution in [2.45, 2.75) is 20.4 Å². The maximum Gasteiger partial charge on any atom is 0.284 e. The number of hydrogen-bond acceptors (Lipinski definition) is 5. The molecule has 0 saturated carbocycles. The third kappa shape index (κ3) is 3.32. The van der Waals surface area contributed by atoms with Gasteiger partial charge in [0.05, 0.1) is 5.69 Å². The van der Waals surface area contributed by atoms with Crippen LogP contribution >= 0.6 is 15.9 Å². The lowest BCUT2D eigenvalue weighted by molar-refractivity contribution is -0.131. The number of fused-ring (bicyclic) bond motifs is 1. The summed E-state index contributed by atoms with van der Waals surface area (Å²) in [6, 6.07) is 7.42. The minimum Gasteiger partial charge on any atom is -0.342 e. The lowest BCUT2D eigenvalue weighted by Crippen LogP contribution is -2.36. The van der Waals surface area contributed by atoms with Crippen molar-refractivity contribution < 1.29 is 4.79 Å². The molecular formula is C16H17BrN6O2. The van der Waals surface area contributed by atoms with Gasteiger partial charge in [-0.3, -0.25) is 14.2 Å². The molecule has 0 saturated heterocycles. The molecule has 3 rings (SSSR count). The van der Waals surface area contributed by atoms with Crippen LogP contribution < -0.4 is 5.56 Å². The molecule has 9 heteroatoms. The van der Waals surface area contributed by atoms with E-state index in [1.165, 1.54) is 15.6 Å². The van der Waals surface area contributed by atoms with Crippen molar-refractivity contribution in [1.82, 2.24) is 29.4 Å². The number of amides is 1. The van der Waals surface area contributed by atoms with Gasteiger partial charge in [-0.25, -0.2) is 4.98 Å². The first-order valence-electron chi connectivity index (χ1n) is 7.89. The van der Waals surface area contributed by atoms with Crippen LogP contribution in [0, 0.1) is 0 Å². The van der Waals surface area contributed by atoms with Gasteiger partial charge in [0.25, 0.3) is 5.56 Å². The molecule has 0 radical (unpaired) electrons. The minimum absolute atomic E-state index is 0.0609. The van der Waals surface area contributed by atoms with Gasteiger partial charge in [-0.1, -0.05) is 21.1 Å². The van der Waals surface area contributed by atoms with E-state index in [1.54, 1.807) is 4.90 Å². The van der Waals surface area contributed by atoms with E-state index in [4.69, 9.17) is 0 Å².